The second-order valence-corrected chi connectivity index (χ2v) is 24.7. The summed E-state index contributed by atoms with van der Waals surface area (Å²) in [5, 5.41) is 0. The third-order valence-corrected chi connectivity index (χ3v) is 13.0. The van der Waals surface area contributed by atoms with Crippen molar-refractivity contribution in [3.05, 3.63) is 0 Å². The van der Waals surface area contributed by atoms with Crippen LogP contribution in [0.25, 0.3) is 0 Å². The zero-order valence-electron chi connectivity index (χ0n) is 33.0. The van der Waals surface area contributed by atoms with Gasteiger partial charge in [-0.05, 0) is 46.2 Å². The number of carbonyl (C=O) groups is 2. The van der Waals surface area contributed by atoms with Gasteiger partial charge in [-0.25, -0.2) is 0 Å². The number of hydrogen-bond acceptors (Lipinski definition) is 10. The Bertz CT molecular complexity index is 867. The number of quaternary nitrogens is 1. The van der Waals surface area contributed by atoms with Crippen molar-refractivity contribution in [2.45, 2.75) is 98.6 Å². The lowest BCUT2D eigenvalue weighted by molar-refractivity contribution is -0.888. The molecule has 0 rings (SSSR count). The van der Waals surface area contributed by atoms with Crippen LogP contribution < -0.4 is 0 Å². The highest BCUT2D eigenvalue weighted by atomic mass is 28.4. The van der Waals surface area contributed by atoms with Crippen LogP contribution in [0.5, 0.6) is 0 Å². The van der Waals surface area contributed by atoms with Crippen LogP contribution in [0.2, 0.25) is 38.3 Å². The molecule has 0 aromatic heterocycles. The van der Waals surface area contributed by atoms with Crippen molar-refractivity contribution >= 4 is 28.6 Å². The first-order valence-corrected chi connectivity index (χ1v) is 24.2. The van der Waals surface area contributed by atoms with Gasteiger partial charge in [0.15, 0.2) is 0 Å². The van der Waals surface area contributed by atoms with Crippen LogP contribution in [0.4, 0.5) is 0 Å². The summed E-state index contributed by atoms with van der Waals surface area (Å²) >= 11 is 0. The number of nitrogens with zero attached hydrogens (tertiary/aromatic N) is 1. The average Bonchev–Trinajstić information content (AvgIpc) is 3.01. The first kappa shape index (κ1) is 47.1. The van der Waals surface area contributed by atoms with Gasteiger partial charge < -0.3 is 41.8 Å². The summed E-state index contributed by atoms with van der Waals surface area (Å²) < 4.78 is 47.8. The summed E-state index contributed by atoms with van der Waals surface area (Å²) in [6.45, 7) is 25.2. The van der Waals surface area contributed by atoms with Crippen molar-refractivity contribution in [2.75, 3.05) is 107 Å². The zero-order valence-corrected chi connectivity index (χ0v) is 35.0. The van der Waals surface area contributed by atoms with E-state index in [1.807, 2.05) is 34.2 Å². The van der Waals surface area contributed by atoms with Crippen molar-refractivity contribution in [3.63, 3.8) is 0 Å². The maximum absolute atomic E-state index is 12.9. The molecular weight excluding hydrogens is 651 g/mol. The Morgan fingerprint density at radius 3 is 1.58 bits per heavy atom. The predicted molar refractivity (Wildman–Crippen MR) is 196 cm³/mol. The predicted octanol–water partition coefficient (Wildman–Crippen LogP) is 5.92. The van der Waals surface area contributed by atoms with E-state index in [9.17, 15) is 9.59 Å². The van der Waals surface area contributed by atoms with Crippen molar-refractivity contribution in [3.8, 4) is 0 Å². The smallest absolute Gasteiger partial charge is 0.335 e. The molecule has 11 nitrogen and oxygen atoms in total. The molecular formula is C35H74NO10Si2+. The minimum Gasteiger partial charge on any atom is -0.465 e. The quantitative estimate of drug-likeness (QED) is 0.0370. The van der Waals surface area contributed by atoms with Crippen LogP contribution in [0, 0.1) is 10.8 Å². The fraction of sp³-hybridized carbons (Fsp3) is 0.943. The molecule has 0 N–H and O–H groups in total. The third-order valence-electron chi connectivity index (χ3n) is 8.32. The summed E-state index contributed by atoms with van der Waals surface area (Å²) in [5.41, 5.74) is -1.15. The van der Waals surface area contributed by atoms with Gasteiger partial charge in [0, 0.05) is 64.7 Å². The molecule has 0 aromatic rings. The first-order chi connectivity index (χ1) is 22.4. The van der Waals surface area contributed by atoms with Crippen LogP contribution in [0.15, 0.2) is 0 Å². The standard InChI is InChI=1S/C35H74NO10Si2/c1-13-36(6,7)20-16-17-21-40-26-34(4,30-44-33(38)19-25-48(12,45-14-2)46-15-3)28-42-29-35(5,27-41-23-22-39-8)31-43-32(37)18-24-47(9,10)11/h13-31H2,1-12H3/q+1. The summed E-state index contributed by atoms with van der Waals surface area (Å²) in [6, 6.07) is 1.41. The molecule has 0 aromatic carbocycles. The third kappa shape index (κ3) is 24.3. The van der Waals surface area contributed by atoms with E-state index in [2.05, 4.69) is 40.7 Å². The maximum Gasteiger partial charge on any atom is 0.335 e. The Hall–Kier alpha value is -0.906. The molecule has 0 heterocycles. The van der Waals surface area contributed by atoms with Crippen molar-refractivity contribution in [1.29, 1.82) is 0 Å². The van der Waals surface area contributed by atoms with Crippen LogP contribution >= 0.6 is 0 Å². The number of ether oxygens (including phenoxy) is 6. The van der Waals surface area contributed by atoms with E-state index in [1.165, 1.54) is 0 Å². The van der Waals surface area contributed by atoms with Gasteiger partial charge in [-0.2, -0.15) is 0 Å². The molecule has 0 aliphatic carbocycles. The van der Waals surface area contributed by atoms with E-state index in [-0.39, 0.29) is 31.6 Å². The van der Waals surface area contributed by atoms with Crippen molar-refractivity contribution in [2.24, 2.45) is 10.8 Å². The monoisotopic (exact) mass is 724 g/mol. The highest BCUT2D eigenvalue weighted by Gasteiger charge is 2.34. The van der Waals surface area contributed by atoms with E-state index in [0.29, 0.717) is 71.9 Å². The normalized spacial score (nSPS) is 15.2. The Morgan fingerprint density at radius 2 is 1.12 bits per heavy atom. The Morgan fingerprint density at radius 1 is 0.646 bits per heavy atom. The molecule has 0 bridgehead atoms. The Kier molecular flexibility index (Phi) is 23.9. The minimum absolute atomic E-state index is 0.153. The first-order valence-electron chi connectivity index (χ1n) is 18.0. The molecule has 0 radical (unpaired) electrons. The molecule has 13 heteroatoms. The Balaban J connectivity index is 5.43. The highest BCUT2D eigenvalue weighted by Crippen LogP contribution is 2.25. The van der Waals surface area contributed by atoms with E-state index in [4.69, 9.17) is 37.3 Å². The van der Waals surface area contributed by atoms with Gasteiger partial charge in [0.1, 0.15) is 13.2 Å². The number of methoxy groups -OCH3 is 1. The number of rotatable bonds is 31. The van der Waals surface area contributed by atoms with E-state index in [1.54, 1.807) is 7.11 Å². The van der Waals surface area contributed by atoms with E-state index in [0.717, 1.165) is 36.5 Å². The molecule has 48 heavy (non-hydrogen) atoms. The van der Waals surface area contributed by atoms with Gasteiger partial charge in [0.2, 0.25) is 0 Å². The van der Waals surface area contributed by atoms with Crippen molar-refractivity contribution < 1.29 is 51.3 Å². The number of unbranched alkanes of at least 4 members (excludes halogenated alkanes) is 1. The van der Waals surface area contributed by atoms with Crippen LogP contribution in [-0.2, 0) is 46.9 Å². The van der Waals surface area contributed by atoms with Gasteiger partial charge in [-0.1, -0.05) is 33.5 Å². The lowest BCUT2D eigenvalue weighted by atomic mass is 9.92. The molecule has 0 saturated heterocycles. The van der Waals surface area contributed by atoms with E-state index >= 15 is 0 Å². The molecule has 2 unspecified atom stereocenters. The number of hydrogen-bond donors (Lipinski definition) is 0. The topological polar surface area (TPSA) is 108 Å². The second-order valence-electron chi connectivity index (χ2n) is 15.8. The van der Waals surface area contributed by atoms with Gasteiger partial charge in [0.25, 0.3) is 0 Å². The van der Waals surface area contributed by atoms with Crippen LogP contribution in [0.1, 0.15) is 60.3 Å². The summed E-state index contributed by atoms with van der Waals surface area (Å²) in [6.07, 6.45) is 2.68. The molecule has 2 atom stereocenters. The van der Waals surface area contributed by atoms with Gasteiger partial charge >= 0.3 is 20.5 Å². The van der Waals surface area contributed by atoms with Gasteiger partial charge in [0.05, 0.1) is 66.8 Å². The fourth-order valence-corrected chi connectivity index (χ4v) is 7.94. The zero-order chi connectivity index (χ0) is 36.7. The van der Waals surface area contributed by atoms with Crippen molar-refractivity contribution in [1.82, 2.24) is 0 Å². The van der Waals surface area contributed by atoms with Crippen LogP contribution in [-0.4, -0.2) is 140 Å². The molecule has 0 spiro atoms. The highest BCUT2D eigenvalue weighted by molar-refractivity contribution is 6.76. The summed E-state index contributed by atoms with van der Waals surface area (Å²) in [5.74, 6) is -0.486. The number of carbonyl (C=O) groups excluding carboxylic acids is 2. The van der Waals surface area contributed by atoms with Crippen LogP contribution in [0.3, 0.4) is 0 Å². The number of esters is 2. The van der Waals surface area contributed by atoms with E-state index < -0.39 is 27.5 Å². The minimum atomic E-state index is -2.43. The summed E-state index contributed by atoms with van der Waals surface area (Å²) in [7, 11) is 2.32. The summed E-state index contributed by atoms with van der Waals surface area (Å²) in [4.78, 5) is 25.5. The average molecular weight is 725 g/mol. The SMILES string of the molecule is CCO[Si](C)(CCC(=O)OCC(C)(COCCCC[N+](C)(C)CC)COCC(C)(COCCOC)COC(=O)CC[Si](C)(C)C)OCC. The van der Waals surface area contributed by atoms with Gasteiger partial charge in [-0.3, -0.25) is 9.59 Å². The molecule has 0 aliphatic rings. The molecule has 0 saturated carbocycles. The molecule has 0 amide bonds. The largest absolute Gasteiger partial charge is 0.465 e. The second kappa shape index (κ2) is 24.3. The molecule has 0 fully saturated rings. The molecule has 286 valence electrons. The fourth-order valence-electron chi connectivity index (χ4n) is 4.73. The molecule has 0 aliphatic heterocycles. The lowest BCUT2D eigenvalue weighted by Gasteiger charge is -2.33. The Labute approximate surface area is 295 Å². The maximum atomic E-state index is 12.9. The lowest BCUT2D eigenvalue weighted by Crippen LogP contribution is -2.41. The van der Waals surface area contributed by atoms with Gasteiger partial charge in [-0.15, -0.1) is 0 Å².